The number of carbonyl (C=O) groups excluding carboxylic acids is 1. The summed E-state index contributed by atoms with van der Waals surface area (Å²) in [6.07, 6.45) is 2.55. The molecule has 0 aliphatic rings. The Labute approximate surface area is 178 Å². The van der Waals surface area contributed by atoms with Gasteiger partial charge in [-0.05, 0) is 43.2 Å². The van der Waals surface area contributed by atoms with Gasteiger partial charge in [0.15, 0.2) is 0 Å². The Morgan fingerprint density at radius 2 is 2.00 bits per heavy atom. The zero-order valence-corrected chi connectivity index (χ0v) is 17.1. The first-order chi connectivity index (χ1) is 14.4. The molecular weight excluding hydrogens is 408 g/mol. The Morgan fingerprint density at radius 3 is 2.63 bits per heavy atom. The van der Waals surface area contributed by atoms with Crippen molar-refractivity contribution in [2.24, 2.45) is 0 Å². The number of amides is 1. The number of aryl methyl sites for hydroxylation is 2. The summed E-state index contributed by atoms with van der Waals surface area (Å²) >= 11 is 6.02. The lowest BCUT2D eigenvalue weighted by Crippen LogP contribution is -2.25. The van der Waals surface area contributed by atoms with Crippen molar-refractivity contribution < 1.29 is 14.5 Å². The zero-order valence-electron chi connectivity index (χ0n) is 16.4. The summed E-state index contributed by atoms with van der Waals surface area (Å²) in [6, 6.07) is 13.0. The Morgan fingerprint density at radius 1 is 1.23 bits per heavy atom. The number of hydrogen-bond acceptors (Lipinski definition) is 5. The molecule has 0 radical (unpaired) electrons. The quantitative estimate of drug-likeness (QED) is 0.313. The van der Waals surface area contributed by atoms with Gasteiger partial charge in [-0.2, -0.15) is 5.10 Å². The molecule has 0 spiro atoms. The predicted octanol–water partition coefficient (Wildman–Crippen LogP) is 4.15. The van der Waals surface area contributed by atoms with E-state index in [1.54, 1.807) is 30.5 Å². The minimum atomic E-state index is -0.516. The fraction of sp³-hybridized carbons (Fsp3) is 0.238. The molecule has 0 unspecified atom stereocenters. The average Bonchev–Trinajstić information content (AvgIpc) is 3.15. The second-order valence-corrected chi connectivity index (χ2v) is 7.07. The monoisotopic (exact) mass is 428 g/mol. The Kier molecular flexibility index (Phi) is 7.03. The molecule has 8 nitrogen and oxygen atoms in total. The van der Waals surface area contributed by atoms with Gasteiger partial charge in [-0.3, -0.25) is 19.6 Å². The van der Waals surface area contributed by atoms with Crippen LogP contribution < -0.4 is 10.1 Å². The van der Waals surface area contributed by atoms with E-state index in [2.05, 4.69) is 10.4 Å². The molecule has 0 saturated carbocycles. The molecule has 0 saturated heterocycles. The van der Waals surface area contributed by atoms with Crippen LogP contribution in [0.25, 0.3) is 0 Å². The Bertz CT molecular complexity index is 1030. The Balaban J connectivity index is 1.46. The van der Waals surface area contributed by atoms with Crippen LogP contribution in [-0.4, -0.2) is 27.2 Å². The third-order valence-electron chi connectivity index (χ3n) is 4.50. The first-order valence-electron chi connectivity index (χ1n) is 9.36. The second-order valence-electron chi connectivity index (χ2n) is 6.66. The second kappa shape index (κ2) is 9.89. The topological polar surface area (TPSA) is 99.3 Å². The molecule has 1 aromatic heterocycles. The third kappa shape index (κ3) is 5.57. The van der Waals surface area contributed by atoms with Crippen molar-refractivity contribution in [3.8, 4) is 5.75 Å². The smallest absolute Gasteiger partial charge is 0.271 e. The lowest BCUT2D eigenvalue weighted by atomic mass is 10.1. The van der Waals surface area contributed by atoms with Crippen LogP contribution in [0.2, 0.25) is 5.02 Å². The van der Waals surface area contributed by atoms with E-state index in [1.807, 2.05) is 17.7 Å². The molecule has 0 atom stereocenters. The van der Waals surface area contributed by atoms with Crippen molar-refractivity contribution in [1.82, 2.24) is 15.1 Å². The van der Waals surface area contributed by atoms with Crippen LogP contribution in [0.5, 0.6) is 5.75 Å². The van der Waals surface area contributed by atoms with Crippen molar-refractivity contribution >= 4 is 23.2 Å². The molecule has 0 aliphatic carbocycles. The zero-order chi connectivity index (χ0) is 21.5. The first kappa shape index (κ1) is 21.3. The molecule has 1 N–H and O–H groups in total. The van der Waals surface area contributed by atoms with Gasteiger partial charge in [0, 0.05) is 42.7 Å². The van der Waals surface area contributed by atoms with E-state index in [1.165, 1.54) is 18.2 Å². The minimum absolute atomic E-state index is 0.0949. The van der Waals surface area contributed by atoms with Crippen LogP contribution in [0.4, 0.5) is 5.69 Å². The van der Waals surface area contributed by atoms with Crippen LogP contribution in [0.3, 0.4) is 0 Å². The molecule has 0 aliphatic heterocycles. The number of hydrogen-bond donors (Lipinski definition) is 1. The van der Waals surface area contributed by atoms with Gasteiger partial charge in [0.2, 0.25) is 0 Å². The number of nitro benzene ring substituents is 1. The van der Waals surface area contributed by atoms with Crippen molar-refractivity contribution in [3.63, 3.8) is 0 Å². The number of ether oxygens (including phenoxy) is 1. The fourth-order valence-electron chi connectivity index (χ4n) is 2.80. The van der Waals surface area contributed by atoms with E-state index in [9.17, 15) is 14.9 Å². The van der Waals surface area contributed by atoms with E-state index in [-0.39, 0.29) is 23.2 Å². The highest BCUT2D eigenvalue weighted by Gasteiger charge is 2.11. The number of nitro groups is 1. The van der Waals surface area contributed by atoms with Gasteiger partial charge in [0.05, 0.1) is 9.95 Å². The SMILES string of the molecule is Cc1ccnn1CCCNC(=O)c1ccc(COc2ccc([N+](=O)[O-])cc2Cl)cc1. The van der Waals surface area contributed by atoms with Gasteiger partial charge in [-0.15, -0.1) is 0 Å². The van der Waals surface area contributed by atoms with Crippen molar-refractivity contribution in [1.29, 1.82) is 0 Å². The molecule has 1 heterocycles. The highest BCUT2D eigenvalue weighted by atomic mass is 35.5. The van der Waals surface area contributed by atoms with Crippen LogP contribution in [0.15, 0.2) is 54.7 Å². The summed E-state index contributed by atoms with van der Waals surface area (Å²) in [5.74, 6) is 0.217. The molecule has 1 amide bonds. The van der Waals surface area contributed by atoms with Crippen molar-refractivity contribution in [2.75, 3.05) is 6.54 Å². The van der Waals surface area contributed by atoms with Crippen LogP contribution in [0, 0.1) is 17.0 Å². The lowest BCUT2D eigenvalue weighted by Gasteiger charge is -2.09. The van der Waals surface area contributed by atoms with E-state index in [0.29, 0.717) is 17.9 Å². The van der Waals surface area contributed by atoms with Crippen molar-refractivity contribution in [2.45, 2.75) is 26.5 Å². The van der Waals surface area contributed by atoms with Gasteiger partial charge in [-0.25, -0.2) is 0 Å². The van der Waals surface area contributed by atoms with Gasteiger partial charge in [0.1, 0.15) is 12.4 Å². The highest BCUT2D eigenvalue weighted by Crippen LogP contribution is 2.29. The van der Waals surface area contributed by atoms with Crippen LogP contribution in [-0.2, 0) is 13.2 Å². The predicted molar refractivity (Wildman–Crippen MR) is 113 cm³/mol. The molecule has 9 heteroatoms. The molecule has 3 aromatic rings. The van der Waals surface area contributed by atoms with Gasteiger partial charge >= 0.3 is 0 Å². The maximum Gasteiger partial charge on any atom is 0.271 e. The molecule has 0 fully saturated rings. The van der Waals surface area contributed by atoms with E-state index in [0.717, 1.165) is 24.2 Å². The molecule has 30 heavy (non-hydrogen) atoms. The number of aromatic nitrogens is 2. The maximum atomic E-state index is 12.3. The number of nitrogens with zero attached hydrogens (tertiary/aromatic N) is 3. The Hall–Kier alpha value is -3.39. The molecular formula is C21H21ClN4O4. The summed E-state index contributed by atoms with van der Waals surface area (Å²) in [5.41, 5.74) is 2.40. The molecule has 3 rings (SSSR count). The van der Waals surface area contributed by atoms with Gasteiger partial charge in [0.25, 0.3) is 11.6 Å². The number of nitrogens with one attached hydrogen (secondary N) is 1. The highest BCUT2D eigenvalue weighted by molar-refractivity contribution is 6.32. The fourth-order valence-corrected chi connectivity index (χ4v) is 3.03. The van der Waals surface area contributed by atoms with Crippen LogP contribution in [0.1, 0.15) is 28.0 Å². The van der Waals surface area contributed by atoms with Gasteiger partial charge < -0.3 is 10.1 Å². The van der Waals surface area contributed by atoms with Crippen molar-refractivity contribution in [3.05, 3.63) is 86.7 Å². The summed E-state index contributed by atoms with van der Waals surface area (Å²) in [5, 5.41) is 18.0. The van der Waals surface area contributed by atoms with E-state index >= 15 is 0 Å². The summed E-state index contributed by atoms with van der Waals surface area (Å²) in [4.78, 5) is 22.5. The molecule has 156 valence electrons. The normalized spacial score (nSPS) is 10.6. The summed E-state index contributed by atoms with van der Waals surface area (Å²) < 4.78 is 7.52. The minimum Gasteiger partial charge on any atom is -0.487 e. The van der Waals surface area contributed by atoms with E-state index in [4.69, 9.17) is 16.3 Å². The average molecular weight is 429 g/mol. The number of carbonyl (C=O) groups is 1. The molecule has 0 bridgehead atoms. The summed E-state index contributed by atoms with van der Waals surface area (Å²) in [6.45, 7) is 3.53. The number of rotatable bonds is 9. The number of benzene rings is 2. The van der Waals surface area contributed by atoms with Crippen LogP contribution >= 0.6 is 11.6 Å². The molecule has 2 aromatic carbocycles. The first-order valence-corrected chi connectivity index (χ1v) is 9.74. The van der Waals surface area contributed by atoms with E-state index < -0.39 is 4.92 Å². The number of halogens is 1. The van der Waals surface area contributed by atoms with Gasteiger partial charge in [-0.1, -0.05) is 23.7 Å². The maximum absolute atomic E-state index is 12.3. The third-order valence-corrected chi connectivity index (χ3v) is 4.79. The number of non-ortho nitro benzene ring substituents is 1. The summed E-state index contributed by atoms with van der Waals surface area (Å²) in [7, 11) is 0. The standard InChI is InChI=1S/C21H21ClN4O4/c1-15-9-11-24-25(15)12-2-10-23-21(27)17-5-3-16(4-6-17)14-30-20-8-7-18(26(28)29)13-19(20)22/h3-9,11,13H,2,10,12,14H2,1H3,(H,23,27). The lowest BCUT2D eigenvalue weighted by molar-refractivity contribution is -0.384. The largest absolute Gasteiger partial charge is 0.487 e.